The Morgan fingerprint density at radius 3 is 2.42 bits per heavy atom. The molecule has 1 aromatic rings. The number of carboxylic acid groups (broad SMARTS) is 1. The lowest BCUT2D eigenvalue weighted by Crippen LogP contribution is -2.37. The van der Waals surface area contributed by atoms with Crippen molar-refractivity contribution >= 4 is 28.9 Å². The minimum atomic E-state index is -1.01. The van der Waals surface area contributed by atoms with Crippen LogP contribution >= 0.6 is 12.2 Å². The molecule has 1 rings (SSSR count). The van der Waals surface area contributed by atoms with Crippen LogP contribution in [0.15, 0.2) is 24.3 Å². The van der Waals surface area contributed by atoms with Crippen molar-refractivity contribution in [1.82, 2.24) is 4.90 Å². The summed E-state index contributed by atoms with van der Waals surface area (Å²) in [5.41, 5.74) is 6.17. The van der Waals surface area contributed by atoms with Gasteiger partial charge in [-0.05, 0) is 12.6 Å². The minimum absolute atomic E-state index is 0.0497. The number of non-ortho nitro benzene ring substituents is 1. The zero-order chi connectivity index (χ0) is 14.6. The number of thiocarbonyl (C=S) groups is 1. The molecule has 1 aromatic carbocycles. The van der Waals surface area contributed by atoms with Gasteiger partial charge in [0.15, 0.2) is 0 Å². The Bertz CT molecular complexity index is 503. The highest BCUT2D eigenvalue weighted by Gasteiger charge is 2.22. The van der Waals surface area contributed by atoms with Crippen LogP contribution < -0.4 is 5.73 Å². The van der Waals surface area contributed by atoms with E-state index in [2.05, 4.69) is 0 Å². The number of nitrogens with two attached hydrogens (primary N) is 1. The van der Waals surface area contributed by atoms with E-state index in [1.54, 1.807) is 7.05 Å². The number of benzene rings is 1. The third-order valence-electron chi connectivity index (χ3n) is 2.51. The van der Waals surface area contributed by atoms with Gasteiger partial charge in [0.05, 0.1) is 22.5 Å². The number of likely N-dealkylation sites (N-methyl/N-ethyl adjacent to an activating group) is 1. The monoisotopic (exact) mass is 283 g/mol. The van der Waals surface area contributed by atoms with Crippen molar-refractivity contribution in [3.8, 4) is 0 Å². The summed E-state index contributed by atoms with van der Waals surface area (Å²) in [6, 6.07) is 5.11. The number of aliphatic carboxylic acids is 1. The fourth-order valence-electron chi connectivity index (χ4n) is 1.72. The summed E-state index contributed by atoms with van der Waals surface area (Å²) in [4.78, 5) is 22.3. The minimum Gasteiger partial charge on any atom is -0.480 e. The Hall–Kier alpha value is -2.06. The summed E-state index contributed by atoms with van der Waals surface area (Å²) < 4.78 is 0. The van der Waals surface area contributed by atoms with Gasteiger partial charge in [-0.15, -0.1) is 0 Å². The quantitative estimate of drug-likeness (QED) is 0.454. The number of nitro benzene ring substituents is 1. The molecular formula is C11H13N3O4S. The first kappa shape index (κ1) is 15.0. The fourth-order valence-corrected chi connectivity index (χ4v) is 2.03. The molecule has 0 aromatic heterocycles. The van der Waals surface area contributed by atoms with Crippen molar-refractivity contribution in [2.45, 2.75) is 6.04 Å². The third-order valence-corrected chi connectivity index (χ3v) is 2.74. The van der Waals surface area contributed by atoms with Crippen LogP contribution in [-0.2, 0) is 4.79 Å². The van der Waals surface area contributed by atoms with Crippen molar-refractivity contribution in [3.63, 3.8) is 0 Å². The molecule has 0 saturated carbocycles. The summed E-state index contributed by atoms with van der Waals surface area (Å²) in [5, 5.41) is 19.3. The molecule has 102 valence electrons. The van der Waals surface area contributed by atoms with Crippen molar-refractivity contribution in [2.75, 3.05) is 13.6 Å². The maximum absolute atomic E-state index is 10.7. The van der Waals surface area contributed by atoms with Gasteiger partial charge in [-0.1, -0.05) is 24.4 Å². The Morgan fingerprint density at radius 1 is 1.53 bits per heavy atom. The Kier molecular flexibility index (Phi) is 4.90. The topological polar surface area (TPSA) is 110 Å². The van der Waals surface area contributed by atoms with E-state index >= 15 is 0 Å². The summed E-state index contributed by atoms with van der Waals surface area (Å²) in [6.45, 7) is -0.237. The van der Waals surface area contributed by atoms with Crippen molar-refractivity contribution in [3.05, 3.63) is 39.9 Å². The highest BCUT2D eigenvalue weighted by molar-refractivity contribution is 7.80. The van der Waals surface area contributed by atoms with Crippen LogP contribution in [0.5, 0.6) is 0 Å². The van der Waals surface area contributed by atoms with E-state index in [4.69, 9.17) is 23.1 Å². The molecule has 0 aliphatic rings. The molecular weight excluding hydrogens is 270 g/mol. The van der Waals surface area contributed by atoms with E-state index < -0.39 is 16.9 Å². The summed E-state index contributed by atoms with van der Waals surface area (Å²) in [5.74, 6) is -1.01. The second-order valence-electron chi connectivity index (χ2n) is 3.96. The Balaban J connectivity index is 3.02. The van der Waals surface area contributed by atoms with Crippen LogP contribution in [0, 0.1) is 10.1 Å². The van der Waals surface area contributed by atoms with E-state index in [0.717, 1.165) is 0 Å². The molecule has 8 heteroatoms. The van der Waals surface area contributed by atoms with Gasteiger partial charge >= 0.3 is 5.97 Å². The summed E-state index contributed by atoms with van der Waals surface area (Å²) in [6.07, 6.45) is 0. The molecule has 3 N–H and O–H groups in total. The summed E-state index contributed by atoms with van der Waals surface area (Å²) >= 11 is 4.92. The van der Waals surface area contributed by atoms with Crippen LogP contribution in [0.25, 0.3) is 0 Å². The van der Waals surface area contributed by atoms with Gasteiger partial charge in [0, 0.05) is 12.1 Å². The van der Waals surface area contributed by atoms with Gasteiger partial charge in [-0.3, -0.25) is 19.8 Å². The third kappa shape index (κ3) is 3.97. The smallest absolute Gasteiger partial charge is 0.317 e. The molecule has 0 aliphatic heterocycles. The lowest BCUT2D eigenvalue weighted by atomic mass is 10.1. The van der Waals surface area contributed by atoms with Gasteiger partial charge < -0.3 is 10.8 Å². The molecule has 7 nitrogen and oxygen atoms in total. The maximum atomic E-state index is 10.7. The van der Waals surface area contributed by atoms with Gasteiger partial charge in [0.1, 0.15) is 0 Å². The van der Waals surface area contributed by atoms with Crippen LogP contribution in [0.2, 0.25) is 0 Å². The second-order valence-corrected chi connectivity index (χ2v) is 4.43. The number of carboxylic acids is 1. The zero-order valence-corrected chi connectivity index (χ0v) is 11.0. The maximum Gasteiger partial charge on any atom is 0.317 e. The van der Waals surface area contributed by atoms with Gasteiger partial charge in [0.25, 0.3) is 5.69 Å². The van der Waals surface area contributed by atoms with Crippen molar-refractivity contribution < 1.29 is 14.8 Å². The van der Waals surface area contributed by atoms with E-state index in [0.29, 0.717) is 5.56 Å². The predicted octanol–water partition coefficient (Wildman–Crippen LogP) is 0.938. The molecule has 19 heavy (non-hydrogen) atoms. The Labute approximate surface area is 114 Å². The Morgan fingerprint density at radius 2 is 2.05 bits per heavy atom. The van der Waals surface area contributed by atoms with Crippen LogP contribution in [0.1, 0.15) is 11.6 Å². The van der Waals surface area contributed by atoms with Crippen LogP contribution in [0.4, 0.5) is 5.69 Å². The molecule has 1 atom stereocenters. The fraction of sp³-hybridized carbons (Fsp3) is 0.273. The number of nitro groups is 1. The number of carbonyl (C=O) groups is 1. The first-order valence-electron chi connectivity index (χ1n) is 5.28. The van der Waals surface area contributed by atoms with Gasteiger partial charge in [-0.25, -0.2) is 0 Å². The molecule has 0 spiro atoms. The molecule has 0 radical (unpaired) electrons. The largest absolute Gasteiger partial charge is 0.480 e. The first-order valence-corrected chi connectivity index (χ1v) is 5.69. The molecule has 0 aliphatic carbocycles. The molecule has 1 unspecified atom stereocenters. The normalized spacial score (nSPS) is 12.1. The van der Waals surface area contributed by atoms with E-state index in [1.807, 2.05) is 0 Å². The number of nitrogens with zero attached hydrogens (tertiary/aromatic N) is 2. The second kappa shape index (κ2) is 6.21. The standard InChI is InChI=1S/C11H13N3O4S/c1-13(6-9(15)16)10(11(12)19)7-2-4-8(5-3-7)14(17)18/h2-5,10H,6H2,1H3,(H2,12,19)(H,15,16). The lowest BCUT2D eigenvalue weighted by Gasteiger charge is -2.25. The zero-order valence-electron chi connectivity index (χ0n) is 10.1. The van der Waals surface area contributed by atoms with Crippen LogP contribution in [0.3, 0.4) is 0 Å². The average molecular weight is 283 g/mol. The van der Waals surface area contributed by atoms with E-state index in [9.17, 15) is 14.9 Å². The molecule has 0 amide bonds. The van der Waals surface area contributed by atoms with E-state index in [1.165, 1.54) is 29.2 Å². The van der Waals surface area contributed by atoms with Gasteiger partial charge in [0.2, 0.25) is 0 Å². The molecule has 0 fully saturated rings. The number of hydrogen-bond acceptors (Lipinski definition) is 5. The highest BCUT2D eigenvalue weighted by Crippen LogP contribution is 2.22. The molecule has 0 heterocycles. The van der Waals surface area contributed by atoms with Gasteiger partial charge in [-0.2, -0.15) is 0 Å². The lowest BCUT2D eigenvalue weighted by molar-refractivity contribution is -0.384. The van der Waals surface area contributed by atoms with Crippen molar-refractivity contribution in [2.24, 2.45) is 5.73 Å². The van der Waals surface area contributed by atoms with Crippen molar-refractivity contribution in [1.29, 1.82) is 0 Å². The summed E-state index contributed by atoms with van der Waals surface area (Å²) in [7, 11) is 1.57. The molecule has 0 bridgehead atoms. The highest BCUT2D eigenvalue weighted by atomic mass is 32.1. The number of hydrogen-bond donors (Lipinski definition) is 2. The number of rotatable bonds is 6. The van der Waals surface area contributed by atoms with E-state index in [-0.39, 0.29) is 17.2 Å². The molecule has 0 saturated heterocycles. The average Bonchev–Trinajstić information content (AvgIpc) is 2.28. The predicted molar refractivity (Wildman–Crippen MR) is 72.9 cm³/mol. The first-order chi connectivity index (χ1) is 8.82. The SMILES string of the molecule is CN(CC(=O)O)C(C(N)=S)c1ccc([N+](=O)[O-])cc1. The van der Waals surface area contributed by atoms with Crippen LogP contribution in [-0.4, -0.2) is 39.5 Å².